The maximum atomic E-state index is 13.8. The van der Waals surface area contributed by atoms with Crippen LogP contribution in [0.5, 0.6) is 0 Å². The third-order valence-corrected chi connectivity index (χ3v) is 4.57. The monoisotopic (exact) mass is 332 g/mol. The number of nitrogens with one attached hydrogen (secondary N) is 1. The van der Waals surface area contributed by atoms with Crippen LogP contribution < -0.4 is 5.32 Å². The van der Waals surface area contributed by atoms with Gasteiger partial charge in [-0.25, -0.2) is 8.78 Å². The van der Waals surface area contributed by atoms with Crippen LogP contribution in [0.1, 0.15) is 20.3 Å². The Morgan fingerprint density at radius 3 is 2.63 bits per heavy atom. The third kappa shape index (κ3) is 3.26. The number of piperidine rings is 1. The van der Waals surface area contributed by atoms with E-state index < -0.39 is 11.6 Å². The molecule has 0 amide bonds. The van der Waals surface area contributed by atoms with Gasteiger partial charge in [0.05, 0.1) is 10.2 Å². The standard InChI is InChI=1S/C14H19BrF2N2/c1-8-7-19(3)9(2)4-13(8)18-14-5-10(15)11(16)6-12(14)17/h5-6,8-9,13,18H,4,7H2,1-3H3. The number of hydrogen-bond acceptors (Lipinski definition) is 2. The maximum Gasteiger partial charge on any atom is 0.149 e. The zero-order valence-electron chi connectivity index (χ0n) is 11.4. The lowest BCUT2D eigenvalue weighted by Crippen LogP contribution is -2.48. The van der Waals surface area contributed by atoms with Gasteiger partial charge in [-0.15, -0.1) is 0 Å². The van der Waals surface area contributed by atoms with E-state index in [1.807, 2.05) is 0 Å². The molecule has 1 fully saturated rings. The lowest BCUT2D eigenvalue weighted by Gasteiger charge is -2.40. The van der Waals surface area contributed by atoms with Crippen LogP contribution in [0.4, 0.5) is 14.5 Å². The topological polar surface area (TPSA) is 15.3 Å². The van der Waals surface area contributed by atoms with Gasteiger partial charge in [-0.05, 0) is 48.3 Å². The Labute approximate surface area is 121 Å². The van der Waals surface area contributed by atoms with E-state index in [0.717, 1.165) is 19.0 Å². The summed E-state index contributed by atoms with van der Waals surface area (Å²) in [6, 6.07) is 3.05. The van der Waals surface area contributed by atoms with Gasteiger partial charge in [-0.2, -0.15) is 0 Å². The second-order valence-electron chi connectivity index (χ2n) is 5.50. The smallest absolute Gasteiger partial charge is 0.149 e. The van der Waals surface area contributed by atoms with Crippen molar-refractivity contribution in [2.24, 2.45) is 5.92 Å². The predicted molar refractivity (Wildman–Crippen MR) is 77.3 cm³/mol. The summed E-state index contributed by atoms with van der Waals surface area (Å²) in [6.07, 6.45) is 0.950. The summed E-state index contributed by atoms with van der Waals surface area (Å²) in [6.45, 7) is 5.29. The van der Waals surface area contributed by atoms with Gasteiger partial charge in [0.1, 0.15) is 11.6 Å². The van der Waals surface area contributed by atoms with E-state index in [2.05, 4.69) is 47.0 Å². The molecule has 3 atom stereocenters. The summed E-state index contributed by atoms with van der Waals surface area (Å²) in [4.78, 5) is 2.31. The second-order valence-corrected chi connectivity index (χ2v) is 6.35. The van der Waals surface area contributed by atoms with E-state index in [4.69, 9.17) is 0 Å². The van der Waals surface area contributed by atoms with Crippen molar-refractivity contribution in [3.63, 3.8) is 0 Å². The average Bonchev–Trinajstić information content (AvgIpc) is 2.32. The molecule has 19 heavy (non-hydrogen) atoms. The number of halogens is 3. The van der Waals surface area contributed by atoms with E-state index in [9.17, 15) is 8.78 Å². The summed E-state index contributed by atoms with van der Waals surface area (Å²) in [5.41, 5.74) is 0.363. The quantitative estimate of drug-likeness (QED) is 0.827. The lowest BCUT2D eigenvalue weighted by atomic mass is 9.89. The molecule has 5 heteroatoms. The number of nitrogens with zero attached hydrogens (tertiary/aromatic N) is 1. The minimum atomic E-state index is -0.576. The first-order valence-electron chi connectivity index (χ1n) is 6.49. The summed E-state index contributed by atoms with van der Waals surface area (Å²) in [5, 5.41) is 3.22. The van der Waals surface area contributed by atoms with Crippen molar-refractivity contribution in [2.75, 3.05) is 18.9 Å². The fraction of sp³-hybridized carbons (Fsp3) is 0.571. The first kappa shape index (κ1) is 14.7. The molecule has 3 unspecified atom stereocenters. The van der Waals surface area contributed by atoms with Crippen LogP contribution in [0.2, 0.25) is 0 Å². The summed E-state index contributed by atoms with van der Waals surface area (Å²) >= 11 is 3.09. The number of rotatable bonds is 2. The summed E-state index contributed by atoms with van der Waals surface area (Å²) in [5.74, 6) is -0.697. The molecule has 0 aromatic heterocycles. The van der Waals surface area contributed by atoms with Crippen LogP contribution in [-0.2, 0) is 0 Å². The molecule has 0 radical (unpaired) electrons. The molecule has 2 rings (SSSR count). The molecule has 1 aromatic carbocycles. The molecule has 0 bridgehead atoms. The molecule has 1 heterocycles. The molecule has 1 saturated heterocycles. The zero-order chi connectivity index (χ0) is 14.2. The van der Waals surface area contributed by atoms with Gasteiger partial charge in [0.2, 0.25) is 0 Å². The average molecular weight is 333 g/mol. The van der Waals surface area contributed by atoms with Crippen LogP contribution in [-0.4, -0.2) is 30.6 Å². The Kier molecular flexibility index (Phi) is 4.46. The molecule has 1 aliphatic rings. The first-order chi connectivity index (χ1) is 8.88. The van der Waals surface area contributed by atoms with Crippen LogP contribution in [0.15, 0.2) is 16.6 Å². The molecule has 0 spiro atoms. The molecule has 0 aliphatic carbocycles. The van der Waals surface area contributed by atoms with Crippen LogP contribution >= 0.6 is 15.9 Å². The third-order valence-electron chi connectivity index (χ3n) is 3.96. The second kappa shape index (κ2) is 5.75. The Hall–Kier alpha value is -0.680. The highest BCUT2D eigenvalue weighted by Crippen LogP contribution is 2.28. The zero-order valence-corrected chi connectivity index (χ0v) is 13.0. The van der Waals surface area contributed by atoms with Crippen molar-refractivity contribution in [3.05, 3.63) is 28.2 Å². The Bertz CT molecular complexity index is 467. The molecule has 1 aromatic rings. The van der Waals surface area contributed by atoms with E-state index in [-0.39, 0.29) is 10.5 Å². The molecule has 106 valence electrons. The largest absolute Gasteiger partial charge is 0.380 e. The lowest BCUT2D eigenvalue weighted by molar-refractivity contribution is 0.145. The highest BCUT2D eigenvalue weighted by molar-refractivity contribution is 9.10. The molecule has 1 aliphatic heterocycles. The van der Waals surface area contributed by atoms with Gasteiger partial charge in [-0.1, -0.05) is 6.92 Å². The molecule has 1 N–H and O–H groups in total. The van der Waals surface area contributed by atoms with Gasteiger partial charge in [-0.3, -0.25) is 0 Å². The van der Waals surface area contributed by atoms with Gasteiger partial charge in [0.15, 0.2) is 0 Å². The van der Waals surface area contributed by atoms with Gasteiger partial charge in [0, 0.05) is 24.7 Å². The Balaban J connectivity index is 2.15. The normalized spacial score (nSPS) is 28.4. The highest BCUT2D eigenvalue weighted by atomic mass is 79.9. The minimum Gasteiger partial charge on any atom is -0.380 e. The van der Waals surface area contributed by atoms with E-state index in [0.29, 0.717) is 17.6 Å². The fourth-order valence-corrected chi connectivity index (χ4v) is 2.92. The Morgan fingerprint density at radius 2 is 1.95 bits per heavy atom. The number of benzene rings is 1. The molecule has 2 nitrogen and oxygen atoms in total. The fourth-order valence-electron chi connectivity index (χ4n) is 2.58. The van der Waals surface area contributed by atoms with Crippen molar-refractivity contribution in [1.82, 2.24) is 4.90 Å². The first-order valence-corrected chi connectivity index (χ1v) is 7.29. The maximum absolute atomic E-state index is 13.8. The summed E-state index contributed by atoms with van der Waals surface area (Å²) < 4.78 is 27.2. The number of hydrogen-bond donors (Lipinski definition) is 1. The van der Waals surface area contributed by atoms with Crippen molar-refractivity contribution in [3.8, 4) is 0 Å². The van der Waals surface area contributed by atoms with Crippen LogP contribution in [0.3, 0.4) is 0 Å². The summed E-state index contributed by atoms with van der Waals surface area (Å²) in [7, 11) is 2.10. The molecule has 0 saturated carbocycles. The van der Waals surface area contributed by atoms with Crippen molar-refractivity contribution in [2.45, 2.75) is 32.4 Å². The molecular weight excluding hydrogens is 314 g/mol. The van der Waals surface area contributed by atoms with E-state index >= 15 is 0 Å². The Morgan fingerprint density at radius 1 is 1.26 bits per heavy atom. The van der Waals surface area contributed by atoms with Gasteiger partial charge >= 0.3 is 0 Å². The van der Waals surface area contributed by atoms with Crippen LogP contribution in [0.25, 0.3) is 0 Å². The van der Waals surface area contributed by atoms with Crippen molar-refractivity contribution in [1.29, 1.82) is 0 Å². The van der Waals surface area contributed by atoms with E-state index in [1.165, 1.54) is 6.07 Å². The number of anilines is 1. The predicted octanol–water partition coefficient (Wildman–Crippen LogP) is 3.87. The van der Waals surface area contributed by atoms with E-state index in [1.54, 1.807) is 0 Å². The minimum absolute atomic E-state index is 0.207. The highest BCUT2D eigenvalue weighted by Gasteiger charge is 2.29. The van der Waals surface area contributed by atoms with Gasteiger partial charge in [0.25, 0.3) is 0 Å². The van der Waals surface area contributed by atoms with Crippen LogP contribution in [0, 0.1) is 17.6 Å². The van der Waals surface area contributed by atoms with Gasteiger partial charge < -0.3 is 10.2 Å². The SMILES string of the molecule is CC1CN(C)C(C)CC1Nc1cc(Br)c(F)cc1F. The number of likely N-dealkylation sites (tertiary alicyclic amines) is 1. The molecular formula is C14H19BrF2N2. The van der Waals surface area contributed by atoms with Crippen molar-refractivity contribution >= 4 is 21.6 Å². The van der Waals surface area contributed by atoms with Crippen molar-refractivity contribution < 1.29 is 8.78 Å².